The molecule has 0 unspecified atom stereocenters. The second-order valence-electron chi connectivity index (χ2n) is 3.75. The molecule has 87 valence electrons. The van der Waals surface area contributed by atoms with Gasteiger partial charge in [0.05, 0.1) is 0 Å². The van der Waals surface area contributed by atoms with Crippen molar-refractivity contribution in [2.45, 2.75) is 19.4 Å². The molecule has 2 rings (SSSR count). The Morgan fingerprint density at radius 3 is 2.88 bits per heavy atom. The Bertz CT molecular complexity index is 435. The second kappa shape index (κ2) is 5.89. The van der Waals surface area contributed by atoms with Gasteiger partial charge in [-0.1, -0.05) is 42.5 Å². The van der Waals surface area contributed by atoms with Crippen LogP contribution in [-0.2, 0) is 11.3 Å². The highest BCUT2D eigenvalue weighted by Gasteiger charge is 2.06. The summed E-state index contributed by atoms with van der Waals surface area (Å²) >= 11 is 0. The van der Waals surface area contributed by atoms with Gasteiger partial charge in [0.1, 0.15) is 6.61 Å². The van der Waals surface area contributed by atoms with E-state index >= 15 is 0 Å². The molecular weight excluding hydrogens is 214 g/mol. The van der Waals surface area contributed by atoms with E-state index < -0.39 is 6.09 Å². The molecule has 3 nitrogen and oxygen atoms in total. The van der Waals surface area contributed by atoms with Crippen LogP contribution in [0.5, 0.6) is 0 Å². The maximum Gasteiger partial charge on any atom is 0.411 e. The van der Waals surface area contributed by atoms with Gasteiger partial charge in [-0.2, -0.15) is 0 Å². The third kappa shape index (κ3) is 3.79. The van der Waals surface area contributed by atoms with E-state index in [0.717, 1.165) is 24.1 Å². The lowest BCUT2D eigenvalue weighted by Gasteiger charge is -2.10. The maximum atomic E-state index is 11.5. The largest absolute Gasteiger partial charge is 0.444 e. The first kappa shape index (κ1) is 11.5. The van der Waals surface area contributed by atoms with Crippen LogP contribution >= 0.6 is 0 Å². The number of benzene rings is 1. The van der Waals surface area contributed by atoms with Crippen molar-refractivity contribution in [1.29, 1.82) is 0 Å². The van der Waals surface area contributed by atoms with Crippen molar-refractivity contribution in [1.82, 2.24) is 5.32 Å². The molecule has 1 aliphatic carbocycles. The molecule has 0 fully saturated rings. The normalized spacial score (nSPS) is 14.0. The number of amides is 1. The van der Waals surface area contributed by atoms with E-state index in [2.05, 4.69) is 11.4 Å². The number of ether oxygens (including phenoxy) is 1. The standard InChI is InChI=1S/C14H14NO2/c16-14(15-13-9-5-2-6-10-13)17-11-12-7-3-1-4-8-12/h1-5,7-8H,6,10-11H2,(H,15,16). The van der Waals surface area contributed by atoms with Gasteiger partial charge >= 0.3 is 6.09 Å². The average molecular weight is 228 g/mol. The lowest BCUT2D eigenvalue weighted by molar-refractivity contribution is 0.142. The number of hydrogen-bond donors (Lipinski definition) is 1. The monoisotopic (exact) mass is 228 g/mol. The van der Waals surface area contributed by atoms with E-state index in [4.69, 9.17) is 4.74 Å². The smallest absolute Gasteiger partial charge is 0.411 e. The summed E-state index contributed by atoms with van der Waals surface area (Å²) in [4.78, 5) is 11.5. The molecule has 0 bridgehead atoms. The molecule has 0 saturated heterocycles. The molecule has 17 heavy (non-hydrogen) atoms. The highest BCUT2D eigenvalue weighted by Crippen LogP contribution is 2.08. The number of hydrogen-bond acceptors (Lipinski definition) is 2. The summed E-state index contributed by atoms with van der Waals surface area (Å²) in [6.07, 6.45) is 8.11. The lowest BCUT2D eigenvalue weighted by atomic mass is 10.1. The molecule has 3 heteroatoms. The van der Waals surface area contributed by atoms with Gasteiger partial charge in [-0.25, -0.2) is 4.79 Å². The van der Waals surface area contributed by atoms with Crippen LogP contribution in [-0.4, -0.2) is 6.09 Å². The van der Waals surface area contributed by atoms with Gasteiger partial charge in [0.2, 0.25) is 0 Å². The summed E-state index contributed by atoms with van der Waals surface area (Å²) in [5, 5.41) is 2.68. The van der Waals surface area contributed by atoms with Crippen LogP contribution < -0.4 is 5.32 Å². The van der Waals surface area contributed by atoms with Gasteiger partial charge in [-0.05, 0) is 18.4 Å². The first-order valence-corrected chi connectivity index (χ1v) is 5.59. The highest BCUT2D eigenvalue weighted by atomic mass is 16.5. The van der Waals surface area contributed by atoms with E-state index in [9.17, 15) is 4.79 Å². The minimum absolute atomic E-state index is 0.287. The fourth-order valence-corrected chi connectivity index (χ4v) is 1.52. The van der Waals surface area contributed by atoms with Gasteiger partial charge in [-0.15, -0.1) is 0 Å². The summed E-state index contributed by atoms with van der Waals surface area (Å²) in [6.45, 7) is 0.287. The summed E-state index contributed by atoms with van der Waals surface area (Å²) < 4.78 is 5.10. The molecule has 0 aromatic heterocycles. The Labute approximate surface area is 101 Å². The summed E-state index contributed by atoms with van der Waals surface area (Å²) in [5.41, 5.74) is 1.76. The molecule has 1 radical (unpaired) electrons. The molecule has 0 saturated carbocycles. The Balaban J connectivity index is 1.78. The molecule has 1 N–H and O–H groups in total. The Morgan fingerprint density at radius 1 is 1.35 bits per heavy atom. The van der Waals surface area contributed by atoms with Gasteiger partial charge in [0, 0.05) is 11.8 Å². The fourth-order valence-electron chi connectivity index (χ4n) is 1.52. The van der Waals surface area contributed by atoms with Crippen molar-refractivity contribution >= 4 is 6.09 Å². The van der Waals surface area contributed by atoms with Crippen LogP contribution in [0.2, 0.25) is 0 Å². The lowest BCUT2D eigenvalue weighted by Crippen LogP contribution is -2.24. The molecule has 1 aliphatic rings. The zero-order valence-corrected chi connectivity index (χ0v) is 9.48. The first-order valence-electron chi connectivity index (χ1n) is 5.59. The molecule has 1 aromatic carbocycles. The second-order valence-corrected chi connectivity index (χ2v) is 3.75. The van der Waals surface area contributed by atoms with E-state index in [1.165, 1.54) is 0 Å². The summed E-state index contributed by atoms with van der Waals surface area (Å²) in [6, 6.07) is 9.60. The summed E-state index contributed by atoms with van der Waals surface area (Å²) in [7, 11) is 0. The Hall–Kier alpha value is -2.03. The number of nitrogens with one attached hydrogen (secondary N) is 1. The molecule has 1 aromatic rings. The van der Waals surface area contributed by atoms with Crippen LogP contribution in [0.4, 0.5) is 4.79 Å². The number of carbonyl (C=O) groups is 1. The van der Waals surface area contributed by atoms with Crippen molar-refractivity contribution in [3.05, 3.63) is 59.8 Å². The maximum absolute atomic E-state index is 11.5. The number of alkyl carbamates (subject to hydrolysis) is 1. The molecule has 0 spiro atoms. The van der Waals surface area contributed by atoms with Gasteiger partial charge < -0.3 is 4.74 Å². The van der Waals surface area contributed by atoms with Crippen molar-refractivity contribution in [3.8, 4) is 0 Å². The SMILES string of the molecule is O=C(NC1=[C]C=CCC1)OCc1ccccc1. The quantitative estimate of drug-likeness (QED) is 0.863. The van der Waals surface area contributed by atoms with E-state index in [1.807, 2.05) is 42.5 Å². The van der Waals surface area contributed by atoms with Crippen molar-refractivity contribution in [2.24, 2.45) is 0 Å². The van der Waals surface area contributed by atoms with Crippen molar-refractivity contribution < 1.29 is 9.53 Å². The van der Waals surface area contributed by atoms with Gasteiger partial charge in [0.15, 0.2) is 0 Å². The molecule has 0 heterocycles. The minimum atomic E-state index is -0.424. The van der Waals surface area contributed by atoms with Crippen LogP contribution in [0.1, 0.15) is 18.4 Å². The fraction of sp³-hybridized carbons (Fsp3) is 0.214. The number of carbonyl (C=O) groups excluding carboxylic acids is 1. The Kier molecular flexibility index (Phi) is 3.97. The third-order valence-electron chi connectivity index (χ3n) is 2.40. The van der Waals surface area contributed by atoms with Crippen molar-refractivity contribution in [3.63, 3.8) is 0 Å². The predicted octanol–water partition coefficient (Wildman–Crippen LogP) is 2.95. The van der Waals surface area contributed by atoms with Gasteiger partial charge in [-0.3, -0.25) is 5.32 Å². The molecule has 1 amide bonds. The average Bonchev–Trinajstić information content (AvgIpc) is 2.39. The number of rotatable bonds is 3. The van der Waals surface area contributed by atoms with Crippen LogP contribution in [0.15, 0.2) is 48.2 Å². The molecule has 0 aliphatic heterocycles. The van der Waals surface area contributed by atoms with Crippen LogP contribution in [0.25, 0.3) is 0 Å². The zero-order valence-electron chi connectivity index (χ0n) is 9.48. The van der Waals surface area contributed by atoms with E-state index in [-0.39, 0.29) is 6.61 Å². The third-order valence-corrected chi connectivity index (χ3v) is 2.40. The van der Waals surface area contributed by atoms with Crippen LogP contribution in [0.3, 0.4) is 0 Å². The molecular formula is C14H14NO2. The summed E-state index contributed by atoms with van der Waals surface area (Å²) in [5.74, 6) is 0. The van der Waals surface area contributed by atoms with E-state index in [0.29, 0.717) is 0 Å². The topological polar surface area (TPSA) is 38.3 Å². The zero-order chi connectivity index (χ0) is 11.9. The first-order chi connectivity index (χ1) is 8.34. The van der Waals surface area contributed by atoms with Crippen molar-refractivity contribution in [2.75, 3.05) is 0 Å². The Morgan fingerprint density at radius 2 is 2.18 bits per heavy atom. The number of allylic oxidation sites excluding steroid dienone is 4. The van der Waals surface area contributed by atoms with Crippen LogP contribution in [0, 0.1) is 6.08 Å². The highest BCUT2D eigenvalue weighted by molar-refractivity contribution is 5.69. The van der Waals surface area contributed by atoms with E-state index in [1.54, 1.807) is 0 Å². The molecule has 0 atom stereocenters. The predicted molar refractivity (Wildman–Crippen MR) is 64.9 cm³/mol. The van der Waals surface area contributed by atoms with Gasteiger partial charge in [0.25, 0.3) is 0 Å². The minimum Gasteiger partial charge on any atom is -0.444 e.